The minimum atomic E-state index is -1.70. The van der Waals surface area contributed by atoms with Gasteiger partial charge >= 0.3 is 0 Å². The first-order valence-corrected chi connectivity index (χ1v) is 8.23. The van der Waals surface area contributed by atoms with E-state index in [1.807, 2.05) is 5.32 Å². The Morgan fingerprint density at radius 2 is 1.92 bits per heavy atom. The van der Waals surface area contributed by atoms with Crippen LogP contribution in [0.5, 0.6) is 0 Å². The molecule has 0 fully saturated rings. The van der Waals surface area contributed by atoms with Crippen molar-refractivity contribution in [1.82, 2.24) is 5.32 Å². The average molecular weight is 385 g/mol. The number of nitrogens with zero attached hydrogens (tertiary/aromatic N) is 1. The van der Waals surface area contributed by atoms with Crippen LogP contribution < -0.4 is 15.4 Å². The Morgan fingerprint density at radius 1 is 1.19 bits per heavy atom. The Balaban J connectivity index is 1.88. The zero-order chi connectivity index (χ0) is 19.3. The zero-order valence-electron chi connectivity index (χ0n) is 13.5. The minimum absolute atomic E-state index is 0.309. The second kappa shape index (κ2) is 8.56. The zero-order valence-corrected chi connectivity index (χ0v) is 14.3. The van der Waals surface area contributed by atoms with Crippen molar-refractivity contribution < 1.29 is 27.5 Å². The Kier molecular flexibility index (Phi) is 6.45. The van der Waals surface area contributed by atoms with Gasteiger partial charge in [0.1, 0.15) is 0 Å². The molecule has 1 aromatic carbocycles. The van der Waals surface area contributed by atoms with Gasteiger partial charge in [-0.3, -0.25) is 9.59 Å². The largest absolute Gasteiger partial charge is 0.618 e. The first-order chi connectivity index (χ1) is 12.3. The number of halogens is 3. The van der Waals surface area contributed by atoms with Crippen LogP contribution in [0.15, 0.2) is 41.6 Å². The summed E-state index contributed by atoms with van der Waals surface area (Å²) in [7, 11) is 0. The van der Waals surface area contributed by atoms with Crippen molar-refractivity contribution >= 4 is 29.3 Å². The summed E-state index contributed by atoms with van der Waals surface area (Å²) in [5.74, 6) is -5.96. The summed E-state index contributed by atoms with van der Waals surface area (Å²) in [5, 5.41) is 15.5. The molecule has 0 bridgehead atoms. The first-order valence-electron chi connectivity index (χ1n) is 7.35. The van der Waals surface area contributed by atoms with Gasteiger partial charge in [0.15, 0.2) is 23.6 Å². The monoisotopic (exact) mass is 385 g/mol. The second-order valence-electron chi connectivity index (χ2n) is 5.11. The number of carbonyl (C=O) groups excluding carboxylic acids is 2. The van der Waals surface area contributed by atoms with E-state index < -0.39 is 46.7 Å². The topological polar surface area (TPSA) is 85.1 Å². The number of aromatic nitrogens is 1. The fourth-order valence-electron chi connectivity index (χ4n) is 1.87. The summed E-state index contributed by atoms with van der Waals surface area (Å²) in [6.07, 6.45) is 1.29. The predicted octanol–water partition coefficient (Wildman–Crippen LogP) is 1.97. The summed E-state index contributed by atoms with van der Waals surface area (Å²) in [6, 6.07) is 6.27. The van der Waals surface area contributed by atoms with E-state index in [1.165, 1.54) is 6.20 Å². The molecule has 1 heterocycles. The van der Waals surface area contributed by atoms with Crippen LogP contribution in [0.4, 0.5) is 18.9 Å². The normalized spacial score (nSPS) is 11.7. The van der Waals surface area contributed by atoms with Gasteiger partial charge in [0, 0.05) is 12.1 Å². The highest BCUT2D eigenvalue weighted by atomic mass is 32.2. The standard InChI is InChI=1S/C16H14F3N3O3S/c1-9(26-13-4-2-3-7-22(13)25)16(24)20-8-12(23)21-11-6-5-10(17)14(18)15(11)19/h2-7,9H,8H2,1H3,(H,20,24)(H,21,23)/t9-/m0/s1. The number of hydrogen-bond acceptors (Lipinski definition) is 4. The number of pyridine rings is 1. The lowest BCUT2D eigenvalue weighted by molar-refractivity contribution is -0.645. The molecule has 6 nitrogen and oxygen atoms in total. The van der Waals surface area contributed by atoms with Crippen LogP contribution in [-0.2, 0) is 9.59 Å². The fourth-order valence-corrected chi connectivity index (χ4v) is 2.74. The third-order valence-electron chi connectivity index (χ3n) is 3.19. The molecule has 1 atom stereocenters. The van der Waals surface area contributed by atoms with E-state index in [2.05, 4.69) is 5.32 Å². The molecule has 0 saturated heterocycles. The first kappa shape index (κ1) is 19.6. The summed E-state index contributed by atoms with van der Waals surface area (Å²) in [6.45, 7) is 1.04. The lowest BCUT2D eigenvalue weighted by Gasteiger charge is -2.12. The van der Waals surface area contributed by atoms with Crippen molar-refractivity contribution in [2.24, 2.45) is 0 Å². The molecule has 0 radical (unpaired) electrons. The maximum atomic E-state index is 13.5. The average Bonchev–Trinajstić information content (AvgIpc) is 2.62. The Bertz CT molecular complexity index is 836. The lowest BCUT2D eigenvalue weighted by atomic mass is 10.2. The van der Waals surface area contributed by atoms with E-state index in [0.29, 0.717) is 15.8 Å². The molecule has 138 valence electrons. The Labute approximate surface area is 151 Å². The quantitative estimate of drug-likeness (QED) is 0.345. The van der Waals surface area contributed by atoms with Gasteiger partial charge in [-0.15, -0.1) is 0 Å². The predicted molar refractivity (Wildman–Crippen MR) is 88.7 cm³/mol. The smallest absolute Gasteiger partial charge is 0.252 e. The highest BCUT2D eigenvalue weighted by molar-refractivity contribution is 8.00. The van der Waals surface area contributed by atoms with Crippen LogP contribution in [0.3, 0.4) is 0 Å². The van der Waals surface area contributed by atoms with Crippen molar-refractivity contribution in [3.05, 3.63) is 59.2 Å². The van der Waals surface area contributed by atoms with Gasteiger partial charge in [-0.05, 0) is 36.9 Å². The molecule has 0 aliphatic rings. The summed E-state index contributed by atoms with van der Waals surface area (Å²) < 4.78 is 40.0. The number of nitrogens with one attached hydrogen (secondary N) is 2. The summed E-state index contributed by atoms with van der Waals surface area (Å²) in [5.41, 5.74) is -0.540. The molecular formula is C16H14F3N3O3S. The number of anilines is 1. The Morgan fingerprint density at radius 3 is 2.62 bits per heavy atom. The number of rotatable bonds is 6. The Hall–Kier alpha value is -2.75. The molecule has 26 heavy (non-hydrogen) atoms. The number of amides is 2. The van der Waals surface area contributed by atoms with Crippen LogP contribution >= 0.6 is 11.8 Å². The number of thioether (sulfide) groups is 1. The highest BCUT2D eigenvalue weighted by Gasteiger charge is 2.20. The van der Waals surface area contributed by atoms with Gasteiger partial charge in [-0.2, -0.15) is 4.73 Å². The number of carbonyl (C=O) groups is 2. The van der Waals surface area contributed by atoms with Crippen molar-refractivity contribution in [3.63, 3.8) is 0 Å². The van der Waals surface area contributed by atoms with Crippen molar-refractivity contribution in [1.29, 1.82) is 0 Å². The van der Waals surface area contributed by atoms with Crippen LogP contribution in [0.2, 0.25) is 0 Å². The molecular weight excluding hydrogens is 371 g/mol. The molecule has 2 amide bonds. The molecule has 2 aromatic rings. The van der Waals surface area contributed by atoms with Gasteiger partial charge in [0.05, 0.1) is 17.5 Å². The third-order valence-corrected chi connectivity index (χ3v) is 4.31. The van der Waals surface area contributed by atoms with Crippen LogP contribution in [0, 0.1) is 22.7 Å². The van der Waals surface area contributed by atoms with E-state index in [1.54, 1.807) is 25.1 Å². The van der Waals surface area contributed by atoms with Gasteiger partial charge in [0.25, 0.3) is 5.03 Å². The van der Waals surface area contributed by atoms with Gasteiger partial charge in [0.2, 0.25) is 11.8 Å². The molecule has 2 rings (SSSR count). The van der Waals surface area contributed by atoms with Gasteiger partial charge in [-0.25, -0.2) is 13.2 Å². The molecule has 1 aromatic heterocycles. The number of benzene rings is 1. The van der Waals surface area contributed by atoms with Gasteiger partial charge < -0.3 is 15.8 Å². The van der Waals surface area contributed by atoms with Crippen LogP contribution in [0.25, 0.3) is 0 Å². The maximum absolute atomic E-state index is 13.5. The molecule has 0 aliphatic heterocycles. The van der Waals surface area contributed by atoms with Crippen LogP contribution in [0.1, 0.15) is 6.92 Å². The molecule has 10 heteroatoms. The van der Waals surface area contributed by atoms with Crippen molar-refractivity contribution in [3.8, 4) is 0 Å². The van der Waals surface area contributed by atoms with Crippen molar-refractivity contribution in [2.75, 3.05) is 11.9 Å². The lowest BCUT2D eigenvalue weighted by Crippen LogP contribution is -2.38. The number of hydrogen-bond donors (Lipinski definition) is 2. The van der Waals surface area contributed by atoms with E-state index in [9.17, 15) is 28.0 Å². The molecule has 0 aliphatic carbocycles. The molecule has 0 unspecified atom stereocenters. The van der Waals surface area contributed by atoms with Crippen molar-refractivity contribution in [2.45, 2.75) is 17.2 Å². The van der Waals surface area contributed by atoms with E-state index in [-0.39, 0.29) is 0 Å². The maximum Gasteiger partial charge on any atom is 0.252 e. The summed E-state index contributed by atoms with van der Waals surface area (Å²) >= 11 is 0.995. The minimum Gasteiger partial charge on any atom is -0.618 e. The van der Waals surface area contributed by atoms with Crippen LogP contribution in [-0.4, -0.2) is 23.6 Å². The molecule has 0 spiro atoms. The third kappa shape index (κ3) is 4.88. The fraction of sp³-hybridized carbons (Fsp3) is 0.188. The second-order valence-corrected chi connectivity index (χ2v) is 6.47. The molecule has 2 N–H and O–H groups in total. The highest BCUT2D eigenvalue weighted by Crippen LogP contribution is 2.20. The molecule has 0 saturated carbocycles. The van der Waals surface area contributed by atoms with E-state index in [0.717, 1.165) is 17.8 Å². The summed E-state index contributed by atoms with van der Waals surface area (Å²) in [4.78, 5) is 23.7. The SMILES string of the molecule is C[C@H](Sc1cccc[n+]1[O-])C(=O)NCC(=O)Nc1ccc(F)c(F)c1F. The van der Waals surface area contributed by atoms with E-state index in [4.69, 9.17) is 0 Å². The van der Waals surface area contributed by atoms with E-state index >= 15 is 0 Å². The van der Waals surface area contributed by atoms with Gasteiger partial charge in [-0.1, -0.05) is 0 Å².